The molecule has 0 amide bonds. The Morgan fingerprint density at radius 3 is 2.92 bits per heavy atom. The fraction of sp³-hybridized carbons (Fsp3) is 0.889. The Labute approximate surface area is 78.2 Å². The molecule has 0 aromatic carbocycles. The van der Waals surface area contributed by atoms with Gasteiger partial charge in [0.25, 0.3) is 0 Å². The Kier molecular flexibility index (Phi) is 2.07. The molecule has 1 N–H and O–H groups in total. The van der Waals surface area contributed by atoms with Crippen LogP contribution in [0.2, 0.25) is 0 Å². The van der Waals surface area contributed by atoms with Crippen LogP contribution in [0.1, 0.15) is 26.7 Å². The average molecular weight is 184 g/mol. The molecule has 0 aromatic rings. The van der Waals surface area contributed by atoms with Crippen LogP contribution in [0.25, 0.3) is 0 Å². The van der Waals surface area contributed by atoms with Gasteiger partial charge in [-0.25, -0.2) is 0 Å². The number of amidine groups is 1. The zero-order valence-electron chi connectivity index (χ0n) is 7.76. The predicted molar refractivity (Wildman–Crippen MR) is 54.7 cm³/mol. The molecular weight excluding hydrogens is 168 g/mol. The second-order valence-corrected chi connectivity index (χ2v) is 5.67. The first kappa shape index (κ1) is 8.42. The van der Waals surface area contributed by atoms with E-state index in [1.807, 2.05) is 11.8 Å². The molecule has 2 nitrogen and oxygen atoms in total. The third-order valence-electron chi connectivity index (χ3n) is 2.57. The smallest absolute Gasteiger partial charge is 0.156 e. The van der Waals surface area contributed by atoms with Crippen molar-refractivity contribution in [3.05, 3.63) is 0 Å². The molecule has 1 fully saturated rings. The van der Waals surface area contributed by atoms with Crippen LogP contribution in [-0.4, -0.2) is 23.5 Å². The molecule has 1 aliphatic carbocycles. The van der Waals surface area contributed by atoms with Crippen molar-refractivity contribution in [1.29, 1.82) is 0 Å². The van der Waals surface area contributed by atoms with Gasteiger partial charge in [-0.05, 0) is 18.3 Å². The molecule has 0 spiro atoms. The minimum absolute atomic E-state index is 0.592. The maximum absolute atomic E-state index is 4.42. The van der Waals surface area contributed by atoms with Crippen LogP contribution in [0.5, 0.6) is 0 Å². The first-order valence-corrected chi connectivity index (χ1v) is 5.51. The Hall–Kier alpha value is -0.180. The summed E-state index contributed by atoms with van der Waals surface area (Å²) in [5.74, 6) is 0. The SMILES string of the molecule is CC1CN=C(NCC2(C)CC2)S1. The predicted octanol–water partition coefficient (Wildman–Crippen LogP) is 1.87. The summed E-state index contributed by atoms with van der Waals surface area (Å²) < 4.78 is 0. The Bertz CT molecular complexity index is 209. The number of thioether (sulfide) groups is 1. The maximum Gasteiger partial charge on any atom is 0.156 e. The van der Waals surface area contributed by atoms with Gasteiger partial charge in [-0.1, -0.05) is 25.6 Å². The molecule has 0 radical (unpaired) electrons. The van der Waals surface area contributed by atoms with Crippen LogP contribution in [0.4, 0.5) is 0 Å². The second-order valence-electron chi connectivity index (χ2n) is 4.24. The van der Waals surface area contributed by atoms with Crippen molar-refractivity contribution in [1.82, 2.24) is 5.32 Å². The Morgan fingerprint density at radius 2 is 2.42 bits per heavy atom. The summed E-state index contributed by atoms with van der Waals surface area (Å²) in [7, 11) is 0. The first-order valence-electron chi connectivity index (χ1n) is 4.63. The van der Waals surface area contributed by atoms with E-state index in [4.69, 9.17) is 0 Å². The third kappa shape index (κ3) is 1.94. The number of aliphatic imine (C=N–C) groups is 1. The van der Waals surface area contributed by atoms with E-state index in [1.54, 1.807) is 0 Å². The van der Waals surface area contributed by atoms with Gasteiger partial charge >= 0.3 is 0 Å². The van der Waals surface area contributed by atoms with Gasteiger partial charge in [0.15, 0.2) is 5.17 Å². The van der Waals surface area contributed by atoms with E-state index in [9.17, 15) is 0 Å². The van der Waals surface area contributed by atoms with Gasteiger partial charge in [0.05, 0.1) is 6.54 Å². The monoisotopic (exact) mass is 184 g/mol. The zero-order chi connectivity index (χ0) is 8.60. The van der Waals surface area contributed by atoms with Crippen molar-refractivity contribution in [2.45, 2.75) is 31.9 Å². The molecular formula is C9H16N2S. The minimum Gasteiger partial charge on any atom is -0.364 e. The highest BCUT2D eigenvalue weighted by atomic mass is 32.2. The summed E-state index contributed by atoms with van der Waals surface area (Å²) in [6.45, 7) is 6.67. The number of nitrogens with one attached hydrogen (secondary N) is 1. The van der Waals surface area contributed by atoms with E-state index in [2.05, 4.69) is 24.2 Å². The molecule has 0 bridgehead atoms. The van der Waals surface area contributed by atoms with Gasteiger partial charge in [0, 0.05) is 11.8 Å². The van der Waals surface area contributed by atoms with Crippen molar-refractivity contribution >= 4 is 16.9 Å². The molecule has 0 saturated heterocycles. The van der Waals surface area contributed by atoms with Crippen LogP contribution in [0.15, 0.2) is 4.99 Å². The lowest BCUT2D eigenvalue weighted by Gasteiger charge is -2.10. The molecule has 1 atom stereocenters. The first-order chi connectivity index (χ1) is 5.68. The van der Waals surface area contributed by atoms with Crippen LogP contribution in [0.3, 0.4) is 0 Å². The van der Waals surface area contributed by atoms with Crippen molar-refractivity contribution in [2.75, 3.05) is 13.1 Å². The van der Waals surface area contributed by atoms with E-state index < -0.39 is 0 Å². The molecule has 2 rings (SSSR count). The van der Waals surface area contributed by atoms with Gasteiger partial charge in [-0.15, -0.1) is 0 Å². The highest BCUT2D eigenvalue weighted by molar-refractivity contribution is 8.14. The lowest BCUT2D eigenvalue weighted by Crippen LogP contribution is -2.26. The number of hydrogen-bond donors (Lipinski definition) is 1. The van der Waals surface area contributed by atoms with Gasteiger partial charge in [-0.3, -0.25) is 4.99 Å². The zero-order valence-corrected chi connectivity index (χ0v) is 8.58. The summed E-state index contributed by atoms with van der Waals surface area (Å²) in [6, 6.07) is 0. The summed E-state index contributed by atoms with van der Waals surface area (Å²) in [4.78, 5) is 4.42. The third-order valence-corrected chi connectivity index (χ3v) is 3.62. The fourth-order valence-corrected chi connectivity index (χ4v) is 2.09. The van der Waals surface area contributed by atoms with Crippen LogP contribution >= 0.6 is 11.8 Å². The summed E-state index contributed by atoms with van der Waals surface area (Å²) in [5.41, 5.74) is 0.592. The molecule has 0 aromatic heterocycles. The molecule has 68 valence electrons. The van der Waals surface area contributed by atoms with Crippen molar-refractivity contribution in [3.63, 3.8) is 0 Å². The second kappa shape index (κ2) is 2.95. The van der Waals surface area contributed by atoms with Crippen LogP contribution in [-0.2, 0) is 0 Å². The molecule has 12 heavy (non-hydrogen) atoms. The molecule has 1 saturated carbocycles. The normalized spacial score (nSPS) is 31.5. The average Bonchev–Trinajstić information content (AvgIpc) is 2.60. The lowest BCUT2D eigenvalue weighted by atomic mass is 10.1. The van der Waals surface area contributed by atoms with Gasteiger partial charge in [0.2, 0.25) is 0 Å². The molecule has 3 heteroatoms. The number of hydrogen-bond acceptors (Lipinski definition) is 3. The molecule has 1 aliphatic heterocycles. The molecule has 1 heterocycles. The Balaban J connectivity index is 1.73. The lowest BCUT2D eigenvalue weighted by molar-refractivity contribution is 0.558. The fourth-order valence-electron chi connectivity index (χ4n) is 1.25. The van der Waals surface area contributed by atoms with Gasteiger partial charge in [0.1, 0.15) is 0 Å². The van der Waals surface area contributed by atoms with Crippen molar-refractivity contribution in [3.8, 4) is 0 Å². The quantitative estimate of drug-likeness (QED) is 0.708. The topological polar surface area (TPSA) is 24.4 Å². The van der Waals surface area contributed by atoms with E-state index in [-0.39, 0.29) is 0 Å². The number of rotatable bonds is 2. The van der Waals surface area contributed by atoms with Gasteiger partial charge in [-0.2, -0.15) is 0 Å². The minimum atomic E-state index is 0.592. The summed E-state index contributed by atoms with van der Waals surface area (Å²) >= 11 is 1.87. The summed E-state index contributed by atoms with van der Waals surface area (Å²) in [5, 5.41) is 5.27. The van der Waals surface area contributed by atoms with Crippen molar-refractivity contribution in [2.24, 2.45) is 10.4 Å². The number of nitrogens with zero attached hydrogens (tertiary/aromatic N) is 1. The van der Waals surface area contributed by atoms with E-state index in [1.165, 1.54) is 12.8 Å². The maximum atomic E-state index is 4.42. The van der Waals surface area contributed by atoms with Gasteiger partial charge < -0.3 is 5.32 Å². The van der Waals surface area contributed by atoms with Crippen molar-refractivity contribution < 1.29 is 0 Å². The molecule has 2 aliphatic rings. The van der Waals surface area contributed by atoms with Crippen LogP contribution < -0.4 is 5.32 Å². The van der Waals surface area contributed by atoms with Crippen LogP contribution in [0, 0.1) is 5.41 Å². The van der Waals surface area contributed by atoms with E-state index >= 15 is 0 Å². The molecule has 1 unspecified atom stereocenters. The highest BCUT2D eigenvalue weighted by Crippen LogP contribution is 2.44. The van der Waals surface area contributed by atoms with E-state index in [0.717, 1.165) is 18.3 Å². The summed E-state index contributed by atoms with van der Waals surface area (Å²) in [6.07, 6.45) is 2.76. The highest BCUT2D eigenvalue weighted by Gasteiger charge is 2.37. The largest absolute Gasteiger partial charge is 0.364 e. The standard InChI is InChI=1S/C9H16N2S/c1-7-5-10-8(12-7)11-6-9(2)3-4-9/h7H,3-6H2,1-2H3,(H,10,11). The Morgan fingerprint density at radius 1 is 1.67 bits per heavy atom. The van der Waals surface area contributed by atoms with E-state index in [0.29, 0.717) is 10.7 Å².